The second-order valence-corrected chi connectivity index (χ2v) is 9.58. The number of aryl methyl sites for hydroxylation is 1. The molecule has 27 heavy (non-hydrogen) atoms. The highest BCUT2D eigenvalue weighted by molar-refractivity contribution is 14.0. The molecule has 2 N–H and O–H groups in total. The summed E-state index contributed by atoms with van der Waals surface area (Å²) in [4.78, 5) is 10.2. The standard InChI is InChI=1S/C18H26N4O2S2.HI/c1-4-19-18(20-10-9-17-21-11-14(2)25-17)22-12-15-5-7-16(8-6-15)13-26(3,23)24;/h5-8,11H,4,9-10,12-13H2,1-3H3,(H2,19,20,22);1H. The molecule has 150 valence electrons. The Bertz CT molecular complexity index is 833. The molecule has 0 saturated heterocycles. The number of aliphatic imine (C=N–C) groups is 1. The van der Waals surface area contributed by atoms with Crippen LogP contribution >= 0.6 is 35.3 Å². The molecule has 0 radical (unpaired) electrons. The first-order chi connectivity index (χ1) is 12.4. The Kier molecular flexibility index (Phi) is 10.2. The van der Waals surface area contributed by atoms with Crippen LogP contribution in [-0.4, -0.2) is 38.7 Å². The Balaban J connectivity index is 0.00000364. The average molecular weight is 522 g/mol. The van der Waals surface area contributed by atoms with Gasteiger partial charge in [0.1, 0.15) is 0 Å². The van der Waals surface area contributed by atoms with Crippen molar-refractivity contribution < 1.29 is 8.42 Å². The third-order valence-electron chi connectivity index (χ3n) is 3.52. The minimum atomic E-state index is -3.01. The monoisotopic (exact) mass is 522 g/mol. The molecule has 0 atom stereocenters. The van der Waals surface area contributed by atoms with Gasteiger partial charge in [-0.2, -0.15) is 0 Å². The average Bonchev–Trinajstić information content (AvgIpc) is 2.98. The lowest BCUT2D eigenvalue weighted by Gasteiger charge is -2.10. The lowest BCUT2D eigenvalue weighted by atomic mass is 10.1. The van der Waals surface area contributed by atoms with Crippen molar-refractivity contribution in [2.24, 2.45) is 4.99 Å². The molecule has 0 aliphatic rings. The second-order valence-electron chi connectivity index (χ2n) is 6.12. The van der Waals surface area contributed by atoms with Crippen molar-refractivity contribution in [2.75, 3.05) is 19.3 Å². The van der Waals surface area contributed by atoms with E-state index in [2.05, 4.69) is 27.5 Å². The normalized spacial score (nSPS) is 11.7. The summed E-state index contributed by atoms with van der Waals surface area (Å²) in [5.41, 5.74) is 1.83. The molecular formula is C18H27IN4O2S2. The molecule has 0 unspecified atom stereocenters. The lowest BCUT2D eigenvalue weighted by Crippen LogP contribution is -2.38. The van der Waals surface area contributed by atoms with Crippen LogP contribution < -0.4 is 10.6 Å². The Morgan fingerprint density at radius 2 is 1.85 bits per heavy atom. The number of hydrogen-bond donors (Lipinski definition) is 2. The van der Waals surface area contributed by atoms with Crippen LogP contribution in [0.5, 0.6) is 0 Å². The van der Waals surface area contributed by atoms with E-state index < -0.39 is 9.84 Å². The largest absolute Gasteiger partial charge is 0.357 e. The lowest BCUT2D eigenvalue weighted by molar-refractivity contribution is 0.601. The van der Waals surface area contributed by atoms with Crippen molar-refractivity contribution in [1.82, 2.24) is 15.6 Å². The van der Waals surface area contributed by atoms with Crippen LogP contribution in [0.1, 0.15) is 27.9 Å². The highest BCUT2D eigenvalue weighted by atomic mass is 127. The van der Waals surface area contributed by atoms with E-state index in [-0.39, 0.29) is 29.7 Å². The summed E-state index contributed by atoms with van der Waals surface area (Å²) in [6.45, 7) is 6.18. The van der Waals surface area contributed by atoms with Crippen molar-refractivity contribution in [3.63, 3.8) is 0 Å². The first-order valence-corrected chi connectivity index (χ1v) is 11.4. The first kappa shape index (κ1) is 23.8. The molecule has 1 heterocycles. The summed E-state index contributed by atoms with van der Waals surface area (Å²) >= 11 is 1.71. The molecule has 2 aromatic rings. The van der Waals surface area contributed by atoms with E-state index >= 15 is 0 Å². The van der Waals surface area contributed by atoms with Crippen molar-refractivity contribution in [3.05, 3.63) is 51.5 Å². The minimum absolute atomic E-state index is 0. The summed E-state index contributed by atoms with van der Waals surface area (Å²) in [6, 6.07) is 7.53. The zero-order valence-electron chi connectivity index (χ0n) is 15.9. The van der Waals surface area contributed by atoms with E-state index in [1.54, 1.807) is 11.3 Å². The van der Waals surface area contributed by atoms with Gasteiger partial charge in [0.15, 0.2) is 15.8 Å². The molecule has 0 spiro atoms. The number of sulfone groups is 1. The minimum Gasteiger partial charge on any atom is -0.357 e. The number of guanidine groups is 1. The summed E-state index contributed by atoms with van der Waals surface area (Å²) < 4.78 is 22.7. The molecule has 1 aromatic carbocycles. The number of nitrogens with zero attached hydrogens (tertiary/aromatic N) is 2. The van der Waals surface area contributed by atoms with Gasteiger partial charge in [-0.3, -0.25) is 0 Å². The van der Waals surface area contributed by atoms with Crippen LogP contribution in [-0.2, 0) is 28.6 Å². The number of nitrogens with one attached hydrogen (secondary N) is 2. The topological polar surface area (TPSA) is 83.5 Å². The molecule has 0 amide bonds. The molecule has 0 bridgehead atoms. The maximum Gasteiger partial charge on any atom is 0.191 e. The highest BCUT2D eigenvalue weighted by Gasteiger charge is 2.05. The van der Waals surface area contributed by atoms with Gasteiger partial charge >= 0.3 is 0 Å². The van der Waals surface area contributed by atoms with Crippen LogP contribution in [0.4, 0.5) is 0 Å². The Morgan fingerprint density at radius 1 is 1.19 bits per heavy atom. The van der Waals surface area contributed by atoms with Gasteiger partial charge in [0.2, 0.25) is 0 Å². The maximum atomic E-state index is 11.3. The number of rotatable bonds is 8. The maximum absolute atomic E-state index is 11.3. The fourth-order valence-electron chi connectivity index (χ4n) is 2.36. The van der Waals surface area contributed by atoms with Gasteiger partial charge in [0.25, 0.3) is 0 Å². The smallest absolute Gasteiger partial charge is 0.191 e. The van der Waals surface area contributed by atoms with Crippen LogP contribution in [0.3, 0.4) is 0 Å². The van der Waals surface area contributed by atoms with Crippen LogP contribution in [0, 0.1) is 6.92 Å². The van der Waals surface area contributed by atoms with Gasteiger partial charge in [-0.1, -0.05) is 24.3 Å². The SMILES string of the molecule is CCNC(=NCc1ccc(CS(C)(=O)=O)cc1)NCCc1ncc(C)s1.I. The van der Waals surface area contributed by atoms with Crippen LogP contribution in [0.25, 0.3) is 0 Å². The number of hydrogen-bond acceptors (Lipinski definition) is 5. The molecule has 0 aliphatic heterocycles. The van der Waals surface area contributed by atoms with Gasteiger partial charge in [-0.05, 0) is 25.0 Å². The van der Waals surface area contributed by atoms with E-state index in [4.69, 9.17) is 0 Å². The first-order valence-electron chi connectivity index (χ1n) is 8.55. The predicted molar refractivity (Wildman–Crippen MR) is 124 cm³/mol. The number of thiazole rings is 1. The third kappa shape index (κ3) is 9.52. The number of benzene rings is 1. The van der Waals surface area contributed by atoms with Crippen LogP contribution in [0.15, 0.2) is 35.5 Å². The molecule has 1 aromatic heterocycles. The third-order valence-corrected chi connectivity index (χ3v) is 5.35. The van der Waals surface area contributed by atoms with Crippen molar-refractivity contribution in [2.45, 2.75) is 32.6 Å². The summed E-state index contributed by atoms with van der Waals surface area (Å²) in [6.07, 6.45) is 4.00. The fourth-order valence-corrected chi connectivity index (χ4v) is 3.95. The number of aromatic nitrogens is 1. The van der Waals surface area contributed by atoms with Gasteiger partial charge in [-0.25, -0.2) is 18.4 Å². The van der Waals surface area contributed by atoms with E-state index in [1.165, 1.54) is 11.1 Å². The predicted octanol–water partition coefficient (Wildman–Crippen LogP) is 2.91. The highest BCUT2D eigenvalue weighted by Crippen LogP contribution is 2.11. The molecule has 0 fully saturated rings. The quantitative estimate of drug-likeness (QED) is 0.317. The van der Waals surface area contributed by atoms with Gasteiger partial charge < -0.3 is 10.6 Å². The summed E-state index contributed by atoms with van der Waals surface area (Å²) in [5.74, 6) is 0.831. The van der Waals surface area contributed by atoms with E-state index in [0.717, 1.165) is 41.6 Å². The van der Waals surface area contributed by atoms with Crippen molar-refractivity contribution in [1.29, 1.82) is 0 Å². The van der Waals surface area contributed by atoms with Gasteiger partial charge in [-0.15, -0.1) is 35.3 Å². The van der Waals surface area contributed by atoms with E-state index in [1.807, 2.05) is 37.4 Å². The molecule has 6 nitrogen and oxygen atoms in total. The Hall–Kier alpha value is -1.20. The molecule has 9 heteroatoms. The molecular weight excluding hydrogens is 495 g/mol. The fraction of sp³-hybridized carbons (Fsp3) is 0.444. The zero-order chi connectivity index (χ0) is 19.0. The van der Waals surface area contributed by atoms with Crippen LogP contribution in [0.2, 0.25) is 0 Å². The van der Waals surface area contributed by atoms with Gasteiger partial charge in [0.05, 0.1) is 17.3 Å². The molecule has 0 aliphatic carbocycles. The van der Waals surface area contributed by atoms with E-state index in [9.17, 15) is 8.42 Å². The Morgan fingerprint density at radius 3 is 2.41 bits per heavy atom. The number of halogens is 1. The second kappa shape index (κ2) is 11.6. The Labute approximate surface area is 182 Å². The van der Waals surface area contributed by atoms with Crippen molar-refractivity contribution in [3.8, 4) is 0 Å². The van der Waals surface area contributed by atoms with Crippen molar-refractivity contribution >= 4 is 51.1 Å². The zero-order valence-corrected chi connectivity index (χ0v) is 19.8. The molecule has 2 rings (SSSR count). The van der Waals surface area contributed by atoms with E-state index in [0.29, 0.717) is 6.54 Å². The van der Waals surface area contributed by atoms with Gasteiger partial charge in [0, 0.05) is 36.8 Å². The summed E-state index contributed by atoms with van der Waals surface area (Å²) in [5, 5.41) is 7.66. The molecule has 0 saturated carbocycles. The summed E-state index contributed by atoms with van der Waals surface area (Å²) in [7, 11) is -3.01.